The Kier molecular flexibility index (Phi) is 5.87. The van der Waals surface area contributed by atoms with Gasteiger partial charge in [-0.05, 0) is 47.0 Å². The first kappa shape index (κ1) is 16.4. The maximum absolute atomic E-state index is 10.8. The number of carbonyl (C=O) groups excluding carboxylic acids is 1. The van der Waals surface area contributed by atoms with E-state index in [4.69, 9.17) is 32.7 Å². The minimum atomic E-state index is -0.556. The van der Waals surface area contributed by atoms with E-state index in [1.54, 1.807) is 18.2 Å². The fourth-order valence-corrected chi connectivity index (χ4v) is 2.20. The van der Waals surface area contributed by atoms with Crippen LogP contribution in [0.3, 0.4) is 0 Å². The van der Waals surface area contributed by atoms with Gasteiger partial charge in [-0.15, -0.1) is 0 Å². The van der Waals surface area contributed by atoms with Crippen LogP contribution >= 0.6 is 23.2 Å². The zero-order chi connectivity index (χ0) is 15.9. The van der Waals surface area contributed by atoms with Crippen molar-refractivity contribution in [1.29, 1.82) is 0 Å². The molecule has 2 aromatic rings. The molecular weight excluding hydrogens is 323 g/mol. The molecule has 0 atom stereocenters. The summed E-state index contributed by atoms with van der Waals surface area (Å²) in [4.78, 5) is 10.8. The molecule has 3 nitrogen and oxygen atoms in total. The summed E-state index contributed by atoms with van der Waals surface area (Å²) in [6.07, 6.45) is 2.81. The lowest BCUT2D eigenvalue weighted by atomic mass is 10.2. The van der Waals surface area contributed by atoms with Gasteiger partial charge >= 0.3 is 0 Å². The Bertz CT molecular complexity index is 682. The van der Waals surface area contributed by atoms with Gasteiger partial charge in [0.05, 0.1) is 12.1 Å². The van der Waals surface area contributed by atoms with Crippen LogP contribution in [0, 0.1) is 0 Å². The van der Waals surface area contributed by atoms with Crippen LogP contribution in [0.1, 0.15) is 11.1 Å². The van der Waals surface area contributed by atoms with Gasteiger partial charge in [-0.3, -0.25) is 4.79 Å². The molecule has 0 spiro atoms. The van der Waals surface area contributed by atoms with E-state index in [9.17, 15) is 4.79 Å². The lowest BCUT2D eigenvalue weighted by molar-refractivity contribution is -0.107. The van der Waals surface area contributed by atoms with E-state index in [1.807, 2.05) is 30.3 Å². The molecule has 0 bridgehead atoms. The van der Waals surface area contributed by atoms with Crippen molar-refractivity contribution in [2.24, 2.45) is 0 Å². The number of ether oxygens (including phenoxy) is 2. The van der Waals surface area contributed by atoms with E-state index in [1.165, 1.54) is 13.2 Å². The predicted octanol–water partition coefficient (Wildman–Crippen LogP) is 4.71. The molecule has 0 aliphatic rings. The third-order valence-electron chi connectivity index (χ3n) is 2.88. The number of rotatable bonds is 6. The van der Waals surface area contributed by atoms with Gasteiger partial charge in [-0.1, -0.05) is 41.9 Å². The lowest BCUT2D eigenvalue weighted by Gasteiger charge is -2.13. The summed E-state index contributed by atoms with van der Waals surface area (Å²) in [5, 5.41) is -0.156. The number of methoxy groups -OCH3 is 1. The molecule has 22 heavy (non-hydrogen) atoms. The molecule has 0 amide bonds. The fraction of sp³-hybridized carbons (Fsp3) is 0.118. The highest BCUT2D eigenvalue weighted by Crippen LogP contribution is 2.37. The minimum absolute atomic E-state index is 0.381. The highest BCUT2D eigenvalue weighted by molar-refractivity contribution is 6.66. The summed E-state index contributed by atoms with van der Waals surface area (Å²) in [5.41, 5.74) is 1.72. The van der Waals surface area contributed by atoms with Gasteiger partial charge in [0, 0.05) is 0 Å². The quantitative estimate of drug-likeness (QED) is 0.566. The number of allylic oxidation sites excluding steroid dienone is 1. The Hall–Kier alpha value is -1.97. The van der Waals surface area contributed by atoms with Crippen molar-refractivity contribution in [3.8, 4) is 11.5 Å². The molecule has 2 aromatic carbocycles. The third-order valence-corrected chi connectivity index (χ3v) is 3.29. The Morgan fingerprint density at radius 3 is 2.59 bits per heavy atom. The summed E-state index contributed by atoms with van der Waals surface area (Å²) in [6.45, 7) is 0.381. The Labute approximate surface area is 139 Å². The molecule has 0 aliphatic heterocycles. The highest BCUT2D eigenvalue weighted by atomic mass is 35.5. The van der Waals surface area contributed by atoms with E-state index < -0.39 is 5.24 Å². The van der Waals surface area contributed by atoms with E-state index in [0.29, 0.717) is 28.7 Å². The van der Waals surface area contributed by atoms with Crippen molar-refractivity contribution in [2.75, 3.05) is 7.11 Å². The number of hydrogen-bond donors (Lipinski definition) is 0. The summed E-state index contributed by atoms with van der Waals surface area (Å²) >= 11 is 11.5. The molecule has 0 radical (unpaired) electrons. The maximum atomic E-state index is 10.8. The smallest absolute Gasteiger partial charge is 0.245 e. The number of benzene rings is 2. The van der Waals surface area contributed by atoms with Gasteiger partial charge in [0.1, 0.15) is 6.61 Å². The lowest BCUT2D eigenvalue weighted by Crippen LogP contribution is -1.98. The second-order valence-corrected chi connectivity index (χ2v) is 5.23. The standard InChI is InChI=1S/C17H14Cl2O3/c1-21-15-10-13(7-8-16(19)20)9-14(18)17(15)22-11-12-5-3-2-4-6-12/h2-10H,11H2,1H3/b8-7+. The summed E-state index contributed by atoms with van der Waals surface area (Å²) in [7, 11) is 1.53. The van der Waals surface area contributed by atoms with Crippen molar-refractivity contribution in [3.63, 3.8) is 0 Å². The van der Waals surface area contributed by atoms with Gasteiger partial charge in [-0.2, -0.15) is 0 Å². The molecule has 0 fully saturated rings. The molecule has 0 unspecified atom stereocenters. The Balaban J connectivity index is 2.22. The van der Waals surface area contributed by atoms with E-state index in [-0.39, 0.29) is 0 Å². The molecule has 5 heteroatoms. The van der Waals surface area contributed by atoms with E-state index in [0.717, 1.165) is 5.56 Å². The monoisotopic (exact) mass is 336 g/mol. The second kappa shape index (κ2) is 7.87. The molecule has 0 N–H and O–H groups in total. The first-order valence-electron chi connectivity index (χ1n) is 6.52. The Morgan fingerprint density at radius 2 is 1.95 bits per heavy atom. The van der Waals surface area contributed by atoms with Crippen LogP contribution in [0.15, 0.2) is 48.5 Å². The van der Waals surface area contributed by atoms with Gasteiger partial charge in [-0.25, -0.2) is 0 Å². The molecule has 0 heterocycles. The van der Waals surface area contributed by atoms with Gasteiger partial charge in [0.2, 0.25) is 5.24 Å². The zero-order valence-electron chi connectivity index (χ0n) is 11.9. The molecule has 114 valence electrons. The number of halogens is 2. The van der Waals surface area contributed by atoms with Crippen molar-refractivity contribution in [1.82, 2.24) is 0 Å². The van der Waals surface area contributed by atoms with Crippen LogP contribution in [0.4, 0.5) is 0 Å². The molecule has 0 saturated heterocycles. The van der Waals surface area contributed by atoms with Crippen molar-refractivity contribution in [3.05, 3.63) is 64.7 Å². The van der Waals surface area contributed by atoms with Gasteiger partial charge in [0.15, 0.2) is 11.5 Å². The minimum Gasteiger partial charge on any atom is -0.493 e. The Morgan fingerprint density at radius 1 is 1.23 bits per heavy atom. The second-order valence-electron chi connectivity index (χ2n) is 4.45. The summed E-state index contributed by atoms with van der Waals surface area (Å²) in [5.74, 6) is 0.951. The average Bonchev–Trinajstić information content (AvgIpc) is 2.52. The van der Waals surface area contributed by atoms with Crippen molar-refractivity contribution < 1.29 is 14.3 Å². The molecule has 0 aromatic heterocycles. The van der Waals surface area contributed by atoms with Crippen LogP contribution < -0.4 is 9.47 Å². The molecule has 2 rings (SSSR count). The van der Waals surface area contributed by atoms with Gasteiger partial charge in [0.25, 0.3) is 0 Å². The van der Waals surface area contributed by atoms with Crippen LogP contribution in [-0.4, -0.2) is 12.4 Å². The largest absolute Gasteiger partial charge is 0.493 e. The van der Waals surface area contributed by atoms with Crippen LogP contribution in [0.2, 0.25) is 5.02 Å². The van der Waals surface area contributed by atoms with Crippen molar-refractivity contribution in [2.45, 2.75) is 6.61 Å². The highest BCUT2D eigenvalue weighted by Gasteiger charge is 2.11. The van der Waals surface area contributed by atoms with Crippen LogP contribution in [-0.2, 0) is 11.4 Å². The van der Waals surface area contributed by atoms with E-state index >= 15 is 0 Å². The normalized spacial score (nSPS) is 10.7. The van der Waals surface area contributed by atoms with E-state index in [2.05, 4.69) is 0 Å². The first-order valence-corrected chi connectivity index (χ1v) is 7.27. The molecule has 0 saturated carbocycles. The molecule has 0 aliphatic carbocycles. The first-order chi connectivity index (χ1) is 10.6. The van der Waals surface area contributed by atoms with Crippen LogP contribution in [0.25, 0.3) is 6.08 Å². The van der Waals surface area contributed by atoms with Crippen molar-refractivity contribution >= 4 is 34.5 Å². The number of carbonyl (C=O) groups is 1. The maximum Gasteiger partial charge on any atom is 0.245 e. The molecular formula is C17H14Cl2O3. The summed E-state index contributed by atoms with van der Waals surface area (Å²) < 4.78 is 11.1. The number of hydrogen-bond acceptors (Lipinski definition) is 3. The topological polar surface area (TPSA) is 35.5 Å². The van der Waals surface area contributed by atoms with Gasteiger partial charge < -0.3 is 9.47 Å². The van der Waals surface area contributed by atoms with Crippen LogP contribution in [0.5, 0.6) is 11.5 Å². The third kappa shape index (κ3) is 4.52. The predicted molar refractivity (Wildman–Crippen MR) is 88.7 cm³/mol. The fourth-order valence-electron chi connectivity index (χ4n) is 1.87. The summed E-state index contributed by atoms with van der Waals surface area (Å²) in [6, 6.07) is 13.1. The average molecular weight is 337 g/mol. The zero-order valence-corrected chi connectivity index (χ0v) is 13.4. The SMILES string of the molecule is COc1cc(/C=C/C(=O)Cl)cc(Cl)c1OCc1ccccc1.